The maximum atomic E-state index is 12.0. The van der Waals surface area contributed by atoms with Gasteiger partial charge in [0, 0.05) is 13.2 Å². The topological polar surface area (TPSA) is 44.8 Å². The number of unbranched alkanes of at least 4 members (excludes halogenated alkanes) is 1. The molecule has 4 nitrogen and oxygen atoms in total. The second-order valence-corrected chi connectivity index (χ2v) is 6.10. The van der Waals surface area contributed by atoms with E-state index in [1.807, 2.05) is 0 Å². The highest BCUT2D eigenvalue weighted by Crippen LogP contribution is 2.43. The van der Waals surface area contributed by atoms with Gasteiger partial charge in [0.05, 0.1) is 12.5 Å². The van der Waals surface area contributed by atoms with Gasteiger partial charge in [-0.05, 0) is 44.9 Å². The van der Waals surface area contributed by atoms with Crippen LogP contribution in [0.2, 0.25) is 0 Å². The van der Waals surface area contributed by atoms with E-state index in [0.29, 0.717) is 0 Å². The van der Waals surface area contributed by atoms with Crippen molar-refractivity contribution in [2.75, 3.05) is 20.3 Å². The summed E-state index contributed by atoms with van der Waals surface area (Å²) in [4.78, 5) is 12.0. The van der Waals surface area contributed by atoms with E-state index in [1.165, 1.54) is 13.5 Å². The maximum absolute atomic E-state index is 12.0. The molecule has 0 amide bonds. The van der Waals surface area contributed by atoms with Crippen molar-refractivity contribution in [1.82, 2.24) is 0 Å². The Morgan fingerprint density at radius 2 is 2.00 bits per heavy atom. The van der Waals surface area contributed by atoms with Crippen LogP contribution in [0.3, 0.4) is 0 Å². The molecule has 1 unspecified atom stereocenters. The summed E-state index contributed by atoms with van der Waals surface area (Å²) in [6.45, 7) is 1.57. The standard InChI is InChI=1S/C16H28O4/c1-18-15(17)16(9-3-4-10-16)11-5-7-13-20-14-8-2-6-12-19-14/h14H,2-13H2,1H3. The molecular formula is C16H28O4. The van der Waals surface area contributed by atoms with Gasteiger partial charge in [0.2, 0.25) is 0 Å². The lowest BCUT2D eigenvalue weighted by molar-refractivity contribution is -0.163. The highest BCUT2D eigenvalue weighted by molar-refractivity contribution is 5.77. The van der Waals surface area contributed by atoms with Gasteiger partial charge < -0.3 is 14.2 Å². The van der Waals surface area contributed by atoms with Gasteiger partial charge in [0.1, 0.15) is 0 Å². The summed E-state index contributed by atoms with van der Waals surface area (Å²) in [5.74, 6) is -0.00784. The van der Waals surface area contributed by atoms with Crippen LogP contribution in [0.1, 0.15) is 64.2 Å². The van der Waals surface area contributed by atoms with Crippen molar-refractivity contribution >= 4 is 5.97 Å². The Bertz CT molecular complexity index is 291. The summed E-state index contributed by atoms with van der Waals surface area (Å²) in [5.41, 5.74) is -0.198. The minimum absolute atomic E-state index is 0.00444. The van der Waals surface area contributed by atoms with Crippen molar-refractivity contribution in [1.29, 1.82) is 0 Å². The first kappa shape index (κ1) is 15.8. The zero-order chi connectivity index (χ0) is 14.3. The predicted octanol–water partition coefficient (Wildman–Crippen LogP) is 3.43. The van der Waals surface area contributed by atoms with Crippen LogP contribution in [-0.2, 0) is 19.0 Å². The van der Waals surface area contributed by atoms with Crippen LogP contribution in [0.4, 0.5) is 0 Å². The highest BCUT2D eigenvalue weighted by atomic mass is 16.7. The van der Waals surface area contributed by atoms with Gasteiger partial charge in [-0.2, -0.15) is 0 Å². The van der Waals surface area contributed by atoms with Gasteiger partial charge in [-0.25, -0.2) is 0 Å². The third-order valence-electron chi connectivity index (χ3n) is 4.67. The molecule has 0 bridgehead atoms. The number of methoxy groups -OCH3 is 1. The van der Waals surface area contributed by atoms with Gasteiger partial charge in [-0.15, -0.1) is 0 Å². The minimum Gasteiger partial charge on any atom is -0.469 e. The normalized spacial score (nSPS) is 25.6. The van der Waals surface area contributed by atoms with E-state index in [9.17, 15) is 4.79 Å². The molecule has 2 rings (SSSR count). The predicted molar refractivity (Wildman–Crippen MR) is 76.3 cm³/mol. The zero-order valence-electron chi connectivity index (χ0n) is 12.7. The molecular weight excluding hydrogens is 256 g/mol. The number of rotatable bonds is 7. The van der Waals surface area contributed by atoms with Gasteiger partial charge >= 0.3 is 5.97 Å². The molecule has 0 N–H and O–H groups in total. The average molecular weight is 284 g/mol. The molecule has 1 heterocycles. The Kier molecular flexibility index (Phi) is 6.30. The van der Waals surface area contributed by atoms with E-state index in [0.717, 1.165) is 71.0 Å². The maximum Gasteiger partial charge on any atom is 0.311 e. The summed E-state index contributed by atoms with van der Waals surface area (Å²) < 4.78 is 16.3. The largest absolute Gasteiger partial charge is 0.469 e. The van der Waals surface area contributed by atoms with E-state index >= 15 is 0 Å². The van der Waals surface area contributed by atoms with E-state index in [1.54, 1.807) is 0 Å². The molecule has 1 saturated carbocycles. The third-order valence-corrected chi connectivity index (χ3v) is 4.67. The molecule has 116 valence electrons. The fourth-order valence-corrected chi connectivity index (χ4v) is 3.45. The van der Waals surface area contributed by atoms with Crippen molar-refractivity contribution < 1.29 is 19.0 Å². The lowest BCUT2D eigenvalue weighted by atomic mass is 9.81. The lowest BCUT2D eigenvalue weighted by Crippen LogP contribution is -2.29. The average Bonchev–Trinajstić information content (AvgIpc) is 2.97. The van der Waals surface area contributed by atoms with Crippen LogP contribution in [0, 0.1) is 5.41 Å². The number of hydrogen-bond donors (Lipinski definition) is 0. The molecule has 0 aromatic heterocycles. The number of carbonyl (C=O) groups excluding carboxylic acids is 1. The van der Waals surface area contributed by atoms with Crippen molar-refractivity contribution in [3.05, 3.63) is 0 Å². The molecule has 2 fully saturated rings. The van der Waals surface area contributed by atoms with Gasteiger partial charge in [0.25, 0.3) is 0 Å². The molecule has 1 aliphatic heterocycles. The first-order chi connectivity index (χ1) is 9.77. The summed E-state index contributed by atoms with van der Waals surface area (Å²) in [5, 5.41) is 0. The van der Waals surface area contributed by atoms with Crippen LogP contribution in [0.15, 0.2) is 0 Å². The second kappa shape index (κ2) is 7.99. The molecule has 0 spiro atoms. The molecule has 4 heteroatoms. The summed E-state index contributed by atoms with van der Waals surface area (Å²) in [6, 6.07) is 0. The lowest BCUT2D eigenvalue weighted by Gasteiger charge is -2.26. The van der Waals surface area contributed by atoms with Gasteiger partial charge in [-0.1, -0.05) is 19.3 Å². The first-order valence-electron chi connectivity index (χ1n) is 8.08. The Labute approximate surface area is 122 Å². The smallest absolute Gasteiger partial charge is 0.311 e. The molecule has 1 saturated heterocycles. The Balaban J connectivity index is 1.62. The van der Waals surface area contributed by atoms with E-state index in [2.05, 4.69) is 0 Å². The van der Waals surface area contributed by atoms with E-state index < -0.39 is 0 Å². The quantitative estimate of drug-likeness (QED) is 0.530. The molecule has 0 aromatic carbocycles. The number of hydrogen-bond acceptors (Lipinski definition) is 4. The van der Waals surface area contributed by atoms with Crippen LogP contribution in [0.25, 0.3) is 0 Å². The van der Waals surface area contributed by atoms with Crippen molar-refractivity contribution in [3.63, 3.8) is 0 Å². The summed E-state index contributed by atoms with van der Waals surface area (Å²) in [6.07, 6.45) is 10.6. The Morgan fingerprint density at radius 3 is 2.65 bits per heavy atom. The zero-order valence-corrected chi connectivity index (χ0v) is 12.7. The van der Waals surface area contributed by atoms with Crippen LogP contribution in [0.5, 0.6) is 0 Å². The van der Waals surface area contributed by atoms with Crippen LogP contribution >= 0.6 is 0 Å². The third kappa shape index (κ3) is 4.19. The second-order valence-electron chi connectivity index (χ2n) is 6.10. The molecule has 20 heavy (non-hydrogen) atoms. The monoisotopic (exact) mass is 284 g/mol. The SMILES string of the molecule is COC(=O)C1(CCCCOC2CCCCO2)CCCC1. The Hall–Kier alpha value is -0.610. The fourth-order valence-electron chi connectivity index (χ4n) is 3.45. The van der Waals surface area contributed by atoms with E-state index in [-0.39, 0.29) is 17.7 Å². The highest BCUT2D eigenvalue weighted by Gasteiger charge is 2.41. The van der Waals surface area contributed by atoms with Crippen LogP contribution < -0.4 is 0 Å². The van der Waals surface area contributed by atoms with Crippen LogP contribution in [-0.4, -0.2) is 32.6 Å². The number of esters is 1. The van der Waals surface area contributed by atoms with Crippen molar-refractivity contribution in [2.45, 2.75) is 70.5 Å². The molecule has 0 radical (unpaired) electrons. The molecule has 0 aromatic rings. The van der Waals surface area contributed by atoms with Gasteiger partial charge in [-0.3, -0.25) is 4.79 Å². The van der Waals surface area contributed by atoms with Crippen molar-refractivity contribution in [2.24, 2.45) is 5.41 Å². The summed E-state index contributed by atoms with van der Waals surface area (Å²) in [7, 11) is 1.51. The Morgan fingerprint density at radius 1 is 1.20 bits per heavy atom. The molecule has 2 aliphatic rings. The molecule has 1 atom stereocenters. The molecule has 1 aliphatic carbocycles. The fraction of sp³-hybridized carbons (Fsp3) is 0.938. The minimum atomic E-state index is -0.198. The number of ether oxygens (including phenoxy) is 3. The van der Waals surface area contributed by atoms with Crippen molar-refractivity contribution in [3.8, 4) is 0 Å². The van der Waals surface area contributed by atoms with E-state index in [4.69, 9.17) is 14.2 Å². The summed E-state index contributed by atoms with van der Waals surface area (Å²) >= 11 is 0. The number of carbonyl (C=O) groups is 1. The first-order valence-corrected chi connectivity index (χ1v) is 8.08. The van der Waals surface area contributed by atoms with Gasteiger partial charge in [0.15, 0.2) is 6.29 Å².